The number of hydrogen-bond acceptors (Lipinski definition) is 0. The molecule has 0 aliphatic carbocycles. The molecule has 1 aromatic rings. The van der Waals surface area contributed by atoms with Crippen LogP contribution in [0.3, 0.4) is 0 Å². The van der Waals surface area contributed by atoms with Gasteiger partial charge in [0.25, 0.3) is 0 Å². The number of halogens is 1. The van der Waals surface area contributed by atoms with Gasteiger partial charge in [0, 0.05) is 11.4 Å². The predicted octanol–water partition coefficient (Wildman–Crippen LogP) is 3.09. The fourth-order valence-corrected chi connectivity index (χ4v) is 1.15. The second-order valence-electron chi connectivity index (χ2n) is 2.48. The Hall–Kier alpha value is -0.930. The van der Waals surface area contributed by atoms with E-state index in [1.165, 1.54) is 0 Å². The summed E-state index contributed by atoms with van der Waals surface area (Å²) >= 11 is 5.88. The van der Waals surface area contributed by atoms with E-state index in [0.717, 1.165) is 17.5 Å². The first kappa shape index (κ1) is 9.16. The fourth-order valence-electron chi connectivity index (χ4n) is 0.953. The van der Waals surface area contributed by atoms with Crippen molar-refractivity contribution in [1.82, 2.24) is 0 Å². The van der Waals surface area contributed by atoms with E-state index in [4.69, 9.17) is 11.6 Å². The van der Waals surface area contributed by atoms with Gasteiger partial charge in [0.2, 0.25) is 0 Å². The van der Waals surface area contributed by atoms with Gasteiger partial charge in [-0.2, -0.15) is 0 Å². The van der Waals surface area contributed by atoms with Crippen LogP contribution in [0.1, 0.15) is 18.1 Å². The average molecular weight is 178 g/mol. The van der Waals surface area contributed by atoms with Crippen LogP contribution in [0.15, 0.2) is 18.2 Å². The van der Waals surface area contributed by atoms with Gasteiger partial charge in [-0.05, 0) is 31.0 Å². The lowest BCUT2D eigenvalue weighted by molar-refractivity contribution is 1.29. The van der Waals surface area contributed by atoms with Crippen molar-refractivity contribution in [3.8, 4) is 11.8 Å². The zero-order chi connectivity index (χ0) is 8.97. The standard InChI is InChI=1S/C11H10Cl/c1-3-4-6-10-7-5-8-11(12)9(10)2/h5,7-8H,2,6H2,1H3. The van der Waals surface area contributed by atoms with Gasteiger partial charge < -0.3 is 0 Å². The van der Waals surface area contributed by atoms with Gasteiger partial charge >= 0.3 is 0 Å². The van der Waals surface area contributed by atoms with Crippen LogP contribution in [0, 0.1) is 18.8 Å². The highest BCUT2D eigenvalue weighted by atomic mass is 35.5. The first-order chi connectivity index (χ1) is 5.75. The summed E-state index contributed by atoms with van der Waals surface area (Å²) in [5.74, 6) is 5.83. The molecule has 1 radical (unpaired) electrons. The molecule has 0 heterocycles. The highest BCUT2D eigenvalue weighted by Gasteiger charge is 1.99. The molecule has 0 aliphatic rings. The van der Waals surface area contributed by atoms with Crippen LogP contribution in [0.5, 0.6) is 0 Å². The molecule has 0 N–H and O–H groups in total. The summed E-state index contributed by atoms with van der Waals surface area (Å²) in [6, 6.07) is 5.76. The Morgan fingerprint density at radius 2 is 2.25 bits per heavy atom. The van der Waals surface area contributed by atoms with E-state index in [2.05, 4.69) is 18.8 Å². The molecule has 1 rings (SSSR count). The molecule has 0 aromatic heterocycles. The third-order valence-corrected chi connectivity index (χ3v) is 2.03. The zero-order valence-corrected chi connectivity index (χ0v) is 7.78. The van der Waals surface area contributed by atoms with Crippen LogP contribution in [0.4, 0.5) is 0 Å². The Morgan fingerprint density at radius 1 is 1.50 bits per heavy atom. The fraction of sp³-hybridized carbons (Fsp3) is 0.182. The Bertz CT molecular complexity index is 329. The van der Waals surface area contributed by atoms with Crippen molar-refractivity contribution in [1.29, 1.82) is 0 Å². The second kappa shape index (κ2) is 4.18. The van der Waals surface area contributed by atoms with Gasteiger partial charge in [0.05, 0.1) is 0 Å². The lowest BCUT2D eigenvalue weighted by Crippen LogP contribution is -1.87. The maximum atomic E-state index is 5.88. The van der Waals surface area contributed by atoms with E-state index < -0.39 is 0 Å². The normalized spacial score (nSPS) is 8.92. The molecule has 0 amide bonds. The maximum Gasteiger partial charge on any atom is 0.0441 e. The second-order valence-corrected chi connectivity index (χ2v) is 2.89. The van der Waals surface area contributed by atoms with Crippen LogP contribution < -0.4 is 0 Å². The van der Waals surface area contributed by atoms with Crippen LogP contribution in [-0.4, -0.2) is 0 Å². The minimum Gasteiger partial charge on any atom is -0.106 e. The quantitative estimate of drug-likeness (QED) is 0.579. The van der Waals surface area contributed by atoms with Crippen LogP contribution in [0.2, 0.25) is 5.02 Å². The Labute approximate surface area is 78.6 Å². The van der Waals surface area contributed by atoms with Gasteiger partial charge in [0.1, 0.15) is 0 Å². The average Bonchev–Trinajstić information content (AvgIpc) is 2.08. The molecule has 0 nitrogen and oxygen atoms in total. The minimum absolute atomic E-state index is 0.713. The lowest BCUT2D eigenvalue weighted by atomic mass is 10.1. The number of rotatable bonds is 1. The molecule has 1 aromatic carbocycles. The summed E-state index contributed by atoms with van der Waals surface area (Å²) in [6.07, 6.45) is 0.732. The smallest absolute Gasteiger partial charge is 0.0441 e. The summed E-state index contributed by atoms with van der Waals surface area (Å²) in [6.45, 7) is 5.70. The lowest BCUT2D eigenvalue weighted by Gasteiger charge is -2.02. The van der Waals surface area contributed by atoms with Crippen LogP contribution in [-0.2, 0) is 6.42 Å². The topological polar surface area (TPSA) is 0 Å². The van der Waals surface area contributed by atoms with E-state index in [9.17, 15) is 0 Å². The van der Waals surface area contributed by atoms with Crippen molar-refractivity contribution in [3.63, 3.8) is 0 Å². The molecule has 61 valence electrons. The van der Waals surface area contributed by atoms with Crippen molar-refractivity contribution < 1.29 is 0 Å². The molecule has 0 fully saturated rings. The SMILES string of the molecule is [CH2]c1c(Cl)cccc1CC#CC. The third kappa shape index (κ3) is 2.03. The number of hydrogen-bond donors (Lipinski definition) is 0. The zero-order valence-electron chi connectivity index (χ0n) is 7.02. The molecule has 0 atom stereocenters. The third-order valence-electron chi connectivity index (χ3n) is 1.67. The molecule has 12 heavy (non-hydrogen) atoms. The van der Waals surface area contributed by atoms with Gasteiger partial charge in [-0.25, -0.2) is 0 Å². The largest absolute Gasteiger partial charge is 0.106 e. The highest BCUT2D eigenvalue weighted by Crippen LogP contribution is 2.18. The highest BCUT2D eigenvalue weighted by molar-refractivity contribution is 6.31. The minimum atomic E-state index is 0.713. The van der Waals surface area contributed by atoms with E-state index in [0.29, 0.717) is 5.02 Å². The molecular weight excluding hydrogens is 168 g/mol. The summed E-state index contributed by atoms with van der Waals surface area (Å²) in [4.78, 5) is 0. The van der Waals surface area contributed by atoms with Crippen LogP contribution >= 0.6 is 11.6 Å². The van der Waals surface area contributed by atoms with E-state index in [1.807, 2.05) is 25.1 Å². The Balaban J connectivity index is 2.97. The van der Waals surface area contributed by atoms with Crippen molar-refractivity contribution in [2.24, 2.45) is 0 Å². The first-order valence-electron chi connectivity index (χ1n) is 3.74. The summed E-state index contributed by atoms with van der Waals surface area (Å²) in [5.41, 5.74) is 2.00. The van der Waals surface area contributed by atoms with Gasteiger partial charge in [-0.1, -0.05) is 29.7 Å². The first-order valence-corrected chi connectivity index (χ1v) is 4.12. The summed E-state index contributed by atoms with van der Waals surface area (Å²) in [7, 11) is 0. The monoisotopic (exact) mass is 177 g/mol. The molecule has 0 spiro atoms. The van der Waals surface area contributed by atoms with Crippen LogP contribution in [0.25, 0.3) is 0 Å². The molecule has 0 saturated heterocycles. The molecule has 0 unspecified atom stereocenters. The van der Waals surface area contributed by atoms with Crippen molar-refractivity contribution in [2.75, 3.05) is 0 Å². The summed E-state index contributed by atoms with van der Waals surface area (Å²) < 4.78 is 0. The van der Waals surface area contributed by atoms with Crippen molar-refractivity contribution in [3.05, 3.63) is 41.3 Å². The van der Waals surface area contributed by atoms with Gasteiger partial charge in [-0.3, -0.25) is 0 Å². The predicted molar refractivity (Wildman–Crippen MR) is 53.1 cm³/mol. The van der Waals surface area contributed by atoms with E-state index in [1.54, 1.807) is 0 Å². The van der Waals surface area contributed by atoms with E-state index in [-0.39, 0.29) is 0 Å². The van der Waals surface area contributed by atoms with Gasteiger partial charge in [-0.15, -0.1) is 5.92 Å². The molecule has 0 saturated carbocycles. The molecule has 0 aliphatic heterocycles. The van der Waals surface area contributed by atoms with Gasteiger partial charge in [0.15, 0.2) is 0 Å². The molecular formula is C11H10Cl. The Morgan fingerprint density at radius 3 is 2.92 bits per heavy atom. The number of benzene rings is 1. The Kier molecular flexibility index (Phi) is 3.19. The molecule has 0 bridgehead atoms. The van der Waals surface area contributed by atoms with Crippen molar-refractivity contribution >= 4 is 11.6 Å². The van der Waals surface area contributed by atoms with E-state index >= 15 is 0 Å². The molecule has 1 heteroatoms. The van der Waals surface area contributed by atoms with Crippen molar-refractivity contribution in [2.45, 2.75) is 13.3 Å². The maximum absolute atomic E-state index is 5.88. The summed E-state index contributed by atoms with van der Waals surface area (Å²) in [5, 5.41) is 0.713.